The van der Waals surface area contributed by atoms with E-state index in [1.165, 1.54) is 28.4 Å². The standard InChI is InChI=1S/C22H24FN3O2S/c23-18-8-6-17(7-9-18)16-21(27)26(11-3-10-25-12-14-28-15-13-25)22-24-19-4-1-2-5-20(19)29-22/h1-2,4-9H,3,10-16H2/p+1. The molecule has 0 unspecified atom stereocenters. The number of fused-ring (bicyclic) bond motifs is 1. The van der Waals surface area contributed by atoms with Crippen LogP contribution in [0, 0.1) is 5.82 Å². The molecule has 0 bridgehead atoms. The SMILES string of the molecule is O=C(Cc1ccc(F)cc1)N(CCC[NH+]1CCOCC1)c1nc2ccccc2s1. The fraction of sp³-hybridized carbons (Fsp3) is 0.364. The number of thiazole rings is 1. The Morgan fingerprint density at radius 2 is 1.90 bits per heavy atom. The number of rotatable bonds is 7. The molecule has 0 radical (unpaired) electrons. The second kappa shape index (κ2) is 9.43. The molecule has 3 aromatic rings. The van der Waals surface area contributed by atoms with Gasteiger partial charge in [0.1, 0.15) is 18.9 Å². The van der Waals surface area contributed by atoms with Crippen LogP contribution in [-0.4, -0.2) is 50.3 Å². The Morgan fingerprint density at radius 1 is 1.14 bits per heavy atom. The lowest BCUT2D eigenvalue weighted by Crippen LogP contribution is -3.14. The molecule has 1 aliphatic heterocycles. The Morgan fingerprint density at radius 3 is 2.66 bits per heavy atom. The molecule has 2 heterocycles. The summed E-state index contributed by atoms with van der Waals surface area (Å²) in [6, 6.07) is 14.1. The Bertz CT molecular complexity index is 921. The fourth-order valence-corrected chi connectivity index (χ4v) is 4.58. The average Bonchev–Trinajstić information content (AvgIpc) is 3.17. The predicted octanol–water partition coefficient (Wildman–Crippen LogP) is 2.32. The summed E-state index contributed by atoms with van der Waals surface area (Å²) in [6.07, 6.45) is 1.14. The molecule has 29 heavy (non-hydrogen) atoms. The summed E-state index contributed by atoms with van der Waals surface area (Å²) in [5.74, 6) is -0.301. The van der Waals surface area contributed by atoms with Crippen LogP contribution >= 0.6 is 11.3 Å². The molecule has 0 atom stereocenters. The van der Waals surface area contributed by atoms with Gasteiger partial charge in [0.05, 0.1) is 36.4 Å². The van der Waals surface area contributed by atoms with Crippen LogP contribution in [0.1, 0.15) is 12.0 Å². The number of nitrogens with zero attached hydrogens (tertiary/aromatic N) is 2. The second-order valence-electron chi connectivity index (χ2n) is 7.28. The molecule has 1 aliphatic rings. The molecule has 1 aromatic heterocycles. The van der Waals surface area contributed by atoms with E-state index in [0.29, 0.717) is 6.54 Å². The lowest BCUT2D eigenvalue weighted by atomic mass is 10.1. The van der Waals surface area contributed by atoms with Gasteiger partial charge in [0.2, 0.25) is 5.91 Å². The predicted molar refractivity (Wildman–Crippen MR) is 113 cm³/mol. The lowest BCUT2D eigenvalue weighted by Gasteiger charge is -2.25. The van der Waals surface area contributed by atoms with Gasteiger partial charge < -0.3 is 9.64 Å². The van der Waals surface area contributed by atoms with Gasteiger partial charge in [0.25, 0.3) is 0 Å². The topological polar surface area (TPSA) is 46.9 Å². The molecule has 1 fully saturated rings. The number of morpholine rings is 1. The van der Waals surface area contributed by atoms with Gasteiger partial charge in [-0.3, -0.25) is 9.69 Å². The Balaban J connectivity index is 1.49. The van der Waals surface area contributed by atoms with Crippen molar-refractivity contribution in [3.63, 3.8) is 0 Å². The summed E-state index contributed by atoms with van der Waals surface area (Å²) in [7, 11) is 0. The highest BCUT2D eigenvalue weighted by molar-refractivity contribution is 7.22. The maximum Gasteiger partial charge on any atom is 0.233 e. The van der Waals surface area contributed by atoms with Gasteiger partial charge in [-0.15, -0.1) is 0 Å². The third-order valence-corrected chi connectivity index (χ3v) is 6.25. The van der Waals surface area contributed by atoms with Crippen molar-refractivity contribution in [3.05, 3.63) is 59.9 Å². The summed E-state index contributed by atoms with van der Waals surface area (Å²) in [5.41, 5.74) is 1.72. The number of halogens is 1. The van der Waals surface area contributed by atoms with Gasteiger partial charge in [0, 0.05) is 13.0 Å². The fourth-order valence-electron chi connectivity index (χ4n) is 3.57. The van der Waals surface area contributed by atoms with Crippen LogP contribution in [0.4, 0.5) is 9.52 Å². The minimum Gasteiger partial charge on any atom is -0.370 e. The first-order valence-electron chi connectivity index (χ1n) is 10.0. The zero-order chi connectivity index (χ0) is 20.1. The van der Waals surface area contributed by atoms with Gasteiger partial charge in [-0.25, -0.2) is 9.37 Å². The maximum absolute atomic E-state index is 13.2. The monoisotopic (exact) mass is 414 g/mol. The number of benzene rings is 2. The number of amides is 1. The van der Waals surface area contributed by atoms with E-state index in [0.717, 1.165) is 60.2 Å². The molecule has 0 saturated carbocycles. The first-order valence-corrected chi connectivity index (χ1v) is 10.8. The molecule has 0 spiro atoms. The normalized spacial score (nSPS) is 14.9. The molecule has 0 aliphatic carbocycles. The van der Waals surface area contributed by atoms with E-state index in [1.807, 2.05) is 24.3 Å². The minimum absolute atomic E-state index is 0.00681. The molecule has 4 rings (SSSR count). The molecule has 5 nitrogen and oxygen atoms in total. The quantitative estimate of drug-likeness (QED) is 0.646. The number of aromatic nitrogens is 1. The van der Waals surface area contributed by atoms with Crippen LogP contribution in [-0.2, 0) is 16.0 Å². The Hall–Kier alpha value is -2.35. The number of nitrogens with one attached hydrogen (secondary N) is 1. The Kier molecular flexibility index (Phi) is 6.49. The number of para-hydroxylation sites is 1. The average molecular weight is 415 g/mol. The van der Waals surface area contributed by atoms with Crippen LogP contribution < -0.4 is 9.80 Å². The van der Waals surface area contributed by atoms with E-state index in [4.69, 9.17) is 9.72 Å². The number of carbonyl (C=O) groups is 1. The van der Waals surface area contributed by atoms with Crippen molar-refractivity contribution in [1.29, 1.82) is 0 Å². The highest BCUT2D eigenvalue weighted by Gasteiger charge is 2.21. The van der Waals surface area contributed by atoms with Crippen molar-refractivity contribution in [1.82, 2.24) is 4.98 Å². The van der Waals surface area contributed by atoms with E-state index in [1.54, 1.807) is 17.0 Å². The molecule has 7 heteroatoms. The van der Waals surface area contributed by atoms with Gasteiger partial charge in [-0.1, -0.05) is 35.6 Å². The first-order chi connectivity index (χ1) is 14.2. The summed E-state index contributed by atoms with van der Waals surface area (Å²) in [5, 5.41) is 0.732. The van der Waals surface area contributed by atoms with E-state index >= 15 is 0 Å². The molecule has 152 valence electrons. The summed E-state index contributed by atoms with van der Waals surface area (Å²) < 4.78 is 19.7. The lowest BCUT2D eigenvalue weighted by molar-refractivity contribution is -0.908. The zero-order valence-corrected chi connectivity index (χ0v) is 17.1. The van der Waals surface area contributed by atoms with Gasteiger partial charge in [-0.05, 0) is 29.8 Å². The summed E-state index contributed by atoms with van der Waals surface area (Å²) in [4.78, 5) is 21.1. The third kappa shape index (κ3) is 5.18. The highest BCUT2D eigenvalue weighted by atomic mass is 32.1. The maximum atomic E-state index is 13.2. The smallest absolute Gasteiger partial charge is 0.233 e. The van der Waals surface area contributed by atoms with E-state index < -0.39 is 0 Å². The van der Waals surface area contributed by atoms with Crippen molar-refractivity contribution < 1.29 is 18.8 Å². The summed E-state index contributed by atoms with van der Waals surface area (Å²) in [6.45, 7) is 5.29. The largest absolute Gasteiger partial charge is 0.370 e. The second-order valence-corrected chi connectivity index (χ2v) is 8.29. The number of quaternary nitrogens is 1. The van der Waals surface area contributed by atoms with Crippen molar-refractivity contribution in [2.24, 2.45) is 0 Å². The molecular formula is C22H25FN3O2S+. The van der Waals surface area contributed by atoms with Crippen molar-refractivity contribution in [3.8, 4) is 0 Å². The van der Waals surface area contributed by atoms with Crippen molar-refractivity contribution in [2.75, 3.05) is 44.3 Å². The molecule has 1 N–H and O–H groups in total. The van der Waals surface area contributed by atoms with Gasteiger partial charge in [0.15, 0.2) is 5.13 Å². The van der Waals surface area contributed by atoms with Gasteiger partial charge in [-0.2, -0.15) is 0 Å². The van der Waals surface area contributed by atoms with E-state index in [9.17, 15) is 9.18 Å². The van der Waals surface area contributed by atoms with E-state index in [-0.39, 0.29) is 18.1 Å². The number of hydrogen-bond donors (Lipinski definition) is 1. The Labute approximate surface area is 173 Å². The van der Waals surface area contributed by atoms with Crippen LogP contribution in [0.2, 0.25) is 0 Å². The van der Waals surface area contributed by atoms with Crippen LogP contribution in [0.15, 0.2) is 48.5 Å². The molecule has 2 aromatic carbocycles. The first kappa shape index (κ1) is 19.9. The number of ether oxygens (including phenoxy) is 1. The summed E-state index contributed by atoms with van der Waals surface area (Å²) >= 11 is 1.54. The van der Waals surface area contributed by atoms with Crippen molar-refractivity contribution >= 4 is 32.6 Å². The number of hydrogen-bond acceptors (Lipinski definition) is 4. The van der Waals surface area contributed by atoms with Crippen LogP contribution in [0.25, 0.3) is 10.2 Å². The highest BCUT2D eigenvalue weighted by Crippen LogP contribution is 2.29. The number of carbonyl (C=O) groups excluding carboxylic acids is 1. The molecule has 1 amide bonds. The van der Waals surface area contributed by atoms with Crippen molar-refractivity contribution in [2.45, 2.75) is 12.8 Å². The molecule has 1 saturated heterocycles. The molecular weight excluding hydrogens is 389 g/mol. The zero-order valence-electron chi connectivity index (χ0n) is 16.3. The van der Waals surface area contributed by atoms with Crippen LogP contribution in [0.3, 0.4) is 0 Å². The van der Waals surface area contributed by atoms with E-state index in [2.05, 4.69) is 0 Å². The number of anilines is 1. The van der Waals surface area contributed by atoms with Gasteiger partial charge >= 0.3 is 0 Å². The third-order valence-electron chi connectivity index (χ3n) is 5.20. The minimum atomic E-state index is -0.294. The van der Waals surface area contributed by atoms with Crippen LogP contribution in [0.5, 0.6) is 0 Å².